The summed E-state index contributed by atoms with van der Waals surface area (Å²) in [6.07, 6.45) is 44.9. The summed E-state index contributed by atoms with van der Waals surface area (Å²) in [6, 6.07) is 0. The van der Waals surface area contributed by atoms with E-state index in [1.165, 1.54) is 154 Å². The third-order valence-electron chi connectivity index (χ3n) is 16.5. The van der Waals surface area contributed by atoms with Gasteiger partial charge in [0.25, 0.3) is 0 Å². The second kappa shape index (κ2) is 61.0. The van der Waals surface area contributed by atoms with E-state index in [0.717, 1.165) is 102 Å². The van der Waals surface area contributed by atoms with Crippen molar-refractivity contribution in [2.24, 2.45) is 17.8 Å². The first-order valence-electron chi connectivity index (χ1n) is 36.4. The van der Waals surface area contributed by atoms with Crippen LogP contribution < -0.4 is 0 Å². The zero-order valence-electron chi connectivity index (χ0n) is 57.9. The van der Waals surface area contributed by atoms with Crippen LogP contribution in [0.1, 0.15) is 350 Å². The lowest BCUT2D eigenvalue weighted by molar-refractivity contribution is -0.161. The topological polar surface area (TPSA) is 237 Å². The molecule has 17 nitrogen and oxygen atoms in total. The summed E-state index contributed by atoms with van der Waals surface area (Å²) >= 11 is 0. The normalized spacial score (nSPS) is 14.5. The number of rotatable bonds is 68. The molecule has 0 aromatic rings. The molecular formula is C70H136O17P2. The van der Waals surface area contributed by atoms with Gasteiger partial charge in [-0.25, -0.2) is 9.13 Å². The Hall–Kier alpha value is -1.94. The zero-order chi connectivity index (χ0) is 65.9. The molecule has 0 aromatic heterocycles. The first-order valence-corrected chi connectivity index (χ1v) is 39.4. The smallest absolute Gasteiger partial charge is 0.462 e. The van der Waals surface area contributed by atoms with Crippen LogP contribution in [0, 0.1) is 17.8 Å². The number of aliphatic hydroxyl groups excluding tert-OH is 1. The minimum atomic E-state index is -4.95. The van der Waals surface area contributed by atoms with Gasteiger partial charge in [-0.15, -0.1) is 0 Å². The molecule has 0 saturated heterocycles. The first-order chi connectivity index (χ1) is 42.8. The molecule has 0 rings (SSSR count). The molecule has 3 N–H and O–H groups in total. The van der Waals surface area contributed by atoms with Crippen LogP contribution in [0.3, 0.4) is 0 Å². The lowest BCUT2D eigenvalue weighted by Crippen LogP contribution is -2.30. The molecule has 0 amide bonds. The second-order valence-corrected chi connectivity index (χ2v) is 29.4. The minimum Gasteiger partial charge on any atom is -0.462 e. The van der Waals surface area contributed by atoms with Gasteiger partial charge in [0, 0.05) is 25.7 Å². The number of aliphatic hydroxyl groups is 1. The highest BCUT2D eigenvalue weighted by Crippen LogP contribution is 2.45. The van der Waals surface area contributed by atoms with Crippen molar-refractivity contribution in [1.82, 2.24) is 0 Å². The molecule has 0 heterocycles. The van der Waals surface area contributed by atoms with Crippen molar-refractivity contribution < 1.29 is 80.2 Å². The van der Waals surface area contributed by atoms with Crippen LogP contribution in [0.4, 0.5) is 0 Å². The molecule has 0 aliphatic carbocycles. The molecular weight excluding hydrogens is 1170 g/mol. The number of hydrogen-bond acceptors (Lipinski definition) is 15. The molecule has 89 heavy (non-hydrogen) atoms. The summed E-state index contributed by atoms with van der Waals surface area (Å²) in [7, 11) is -9.90. The van der Waals surface area contributed by atoms with Gasteiger partial charge in [0.15, 0.2) is 12.2 Å². The minimum absolute atomic E-state index is 0.101. The standard InChI is InChI=1S/C70H136O17P2/c1-8-10-11-12-13-14-15-16-17-18-19-20-21-22-23-24-29-39-46-53-69(74)86-65(57-80-67(72)51-44-37-28-26-25-27-36-43-50-63(7)9-2)59-84-88(76,77)82-55-64(71)56-83-89(78,79)85-60-66(87-70(75)54-47-40-33-31-35-42-49-62(5)6)58-81-68(73)52-45-38-32-30-34-41-48-61(3)4/h61-66,71H,8-60H2,1-7H3,(H,76,77)(H,78,79)/t63?,64-,65-,66-/m1/s1. The van der Waals surface area contributed by atoms with E-state index in [4.69, 9.17) is 37.0 Å². The Morgan fingerprint density at radius 1 is 0.326 bits per heavy atom. The van der Waals surface area contributed by atoms with Gasteiger partial charge < -0.3 is 33.8 Å². The van der Waals surface area contributed by atoms with Crippen LogP contribution in [0.15, 0.2) is 0 Å². The summed E-state index contributed by atoms with van der Waals surface area (Å²) in [5.74, 6) is -0.00786. The van der Waals surface area contributed by atoms with Crippen LogP contribution in [0.25, 0.3) is 0 Å². The van der Waals surface area contributed by atoms with Crippen LogP contribution in [-0.2, 0) is 65.4 Å². The summed E-state index contributed by atoms with van der Waals surface area (Å²) in [5.41, 5.74) is 0. The number of carbonyl (C=O) groups is 4. The van der Waals surface area contributed by atoms with E-state index in [9.17, 15) is 43.2 Å². The predicted molar refractivity (Wildman–Crippen MR) is 358 cm³/mol. The summed E-state index contributed by atoms with van der Waals surface area (Å²) in [4.78, 5) is 72.4. The highest BCUT2D eigenvalue weighted by atomic mass is 31.2. The quantitative estimate of drug-likeness (QED) is 0.0222. The first kappa shape index (κ1) is 87.1. The van der Waals surface area contributed by atoms with Crippen LogP contribution in [0.5, 0.6) is 0 Å². The van der Waals surface area contributed by atoms with Crippen molar-refractivity contribution in [3.63, 3.8) is 0 Å². The molecule has 0 radical (unpaired) electrons. The number of ether oxygens (including phenoxy) is 4. The van der Waals surface area contributed by atoms with Gasteiger partial charge in [-0.3, -0.25) is 37.3 Å². The fourth-order valence-corrected chi connectivity index (χ4v) is 12.1. The van der Waals surface area contributed by atoms with E-state index < -0.39 is 97.5 Å². The number of carbonyl (C=O) groups excluding carboxylic acids is 4. The van der Waals surface area contributed by atoms with Gasteiger partial charge in [-0.05, 0) is 43.4 Å². The predicted octanol–water partition coefficient (Wildman–Crippen LogP) is 19.8. The molecule has 0 spiro atoms. The molecule has 528 valence electrons. The molecule has 0 aliphatic heterocycles. The Bertz CT molecular complexity index is 1750. The van der Waals surface area contributed by atoms with Crippen molar-refractivity contribution in [2.45, 2.75) is 369 Å². The van der Waals surface area contributed by atoms with Crippen molar-refractivity contribution in [1.29, 1.82) is 0 Å². The summed E-state index contributed by atoms with van der Waals surface area (Å²) < 4.78 is 68.2. The highest BCUT2D eigenvalue weighted by Gasteiger charge is 2.30. The third kappa shape index (κ3) is 63.2. The monoisotopic (exact) mass is 1310 g/mol. The molecule has 0 aromatic carbocycles. The van der Waals surface area contributed by atoms with Crippen molar-refractivity contribution >= 4 is 39.5 Å². The number of hydrogen-bond donors (Lipinski definition) is 3. The number of esters is 4. The fraction of sp³-hybridized carbons (Fsp3) is 0.943. The van der Waals surface area contributed by atoms with E-state index >= 15 is 0 Å². The molecule has 0 saturated carbocycles. The Kier molecular flexibility index (Phi) is 59.6. The highest BCUT2D eigenvalue weighted by molar-refractivity contribution is 7.47. The Morgan fingerprint density at radius 3 is 0.854 bits per heavy atom. The average molecular weight is 1310 g/mol. The van der Waals surface area contributed by atoms with E-state index in [1.54, 1.807) is 0 Å². The Morgan fingerprint density at radius 2 is 0.573 bits per heavy atom. The Labute approximate surface area is 543 Å². The molecule has 0 bridgehead atoms. The van der Waals surface area contributed by atoms with Crippen LogP contribution in [0.2, 0.25) is 0 Å². The number of unbranched alkanes of at least 4 members (excludes halogenated alkanes) is 35. The maximum absolute atomic E-state index is 13.0. The lowest BCUT2D eigenvalue weighted by Gasteiger charge is -2.21. The van der Waals surface area contributed by atoms with Crippen LogP contribution >= 0.6 is 15.6 Å². The summed E-state index contributed by atoms with van der Waals surface area (Å²) in [5, 5.41) is 10.6. The average Bonchev–Trinajstić information content (AvgIpc) is 3.71. The SMILES string of the molecule is CCCCCCCCCCCCCCCCCCCCCC(=O)O[C@H](COC(=O)CCCCCCCCCCC(C)CC)COP(=O)(O)OC[C@@H](O)COP(=O)(O)OC[C@@H](COC(=O)CCCCCCCCC(C)C)OC(=O)CCCCCCCCC(C)C. The second-order valence-electron chi connectivity index (χ2n) is 26.5. The largest absolute Gasteiger partial charge is 0.472 e. The summed E-state index contributed by atoms with van der Waals surface area (Å²) in [6.45, 7) is 11.7. The maximum Gasteiger partial charge on any atom is 0.472 e. The number of phosphoric ester groups is 2. The molecule has 0 fully saturated rings. The molecule has 3 unspecified atom stereocenters. The van der Waals surface area contributed by atoms with Gasteiger partial charge >= 0.3 is 39.5 Å². The zero-order valence-corrected chi connectivity index (χ0v) is 59.7. The van der Waals surface area contributed by atoms with Crippen molar-refractivity contribution in [3.05, 3.63) is 0 Å². The van der Waals surface area contributed by atoms with Crippen LogP contribution in [-0.4, -0.2) is 96.7 Å². The van der Waals surface area contributed by atoms with E-state index in [-0.39, 0.29) is 25.7 Å². The third-order valence-corrected chi connectivity index (χ3v) is 18.4. The Balaban J connectivity index is 5.19. The van der Waals surface area contributed by atoms with Gasteiger partial charge in [0.2, 0.25) is 0 Å². The number of phosphoric acid groups is 2. The van der Waals surface area contributed by atoms with Crippen molar-refractivity contribution in [3.8, 4) is 0 Å². The molecule has 19 heteroatoms. The van der Waals surface area contributed by atoms with Gasteiger partial charge in [-0.1, -0.05) is 299 Å². The van der Waals surface area contributed by atoms with Crippen molar-refractivity contribution in [2.75, 3.05) is 39.6 Å². The lowest BCUT2D eigenvalue weighted by atomic mass is 9.99. The van der Waals surface area contributed by atoms with E-state index in [2.05, 4.69) is 48.5 Å². The van der Waals surface area contributed by atoms with E-state index in [1.807, 2.05) is 0 Å². The van der Waals surface area contributed by atoms with E-state index in [0.29, 0.717) is 37.5 Å². The van der Waals surface area contributed by atoms with Gasteiger partial charge in [0.1, 0.15) is 19.3 Å². The molecule has 6 atom stereocenters. The molecule has 0 aliphatic rings. The van der Waals surface area contributed by atoms with Gasteiger partial charge in [0.05, 0.1) is 26.4 Å². The fourth-order valence-electron chi connectivity index (χ4n) is 10.5. The maximum atomic E-state index is 13.0. The van der Waals surface area contributed by atoms with Gasteiger partial charge in [-0.2, -0.15) is 0 Å².